The van der Waals surface area contributed by atoms with Crippen molar-refractivity contribution in [2.45, 2.75) is 58.0 Å². The van der Waals surface area contributed by atoms with Gasteiger partial charge in [0, 0.05) is 12.2 Å². The van der Waals surface area contributed by atoms with E-state index in [1.165, 1.54) is 12.2 Å². The van der Waals surface area contributed by atoms with E-state index in [4.69, 9.17) is 18.9 Å². The van der Waals surface area contributed by atoms with E-state index < -0.39 is 16.8 Å². The zero-order chi connectivity index (χ0) is 18.2. The molecular formula is C19H28O5. The minimum atomic E-state index is -0.665. The van der Waals surface area contributed by atoms with Gasteiger partial charge < -0.3 is 18.9 Å². The molecule has 1 aliphatic heterocycles. The summed E-state index contributed by atoms with van der Waals surface area (Å²) in [5.74, 6) is 0.320. The third-order valence-corrected chi connectivity index (χ3v) is 4.67. The highest BCUT2D eigenvalue weighted by Gasteiger charge is 2.53. The standard InChI is InChI=1S/C19H28O5/c1-8-9-19(12-16-17(2,3)24-18(4,5)23-16)14(21-6)10-13(20)11-15(19)22-7/h8,10-11,16H,1,9,12H2,2-7H3. The van der Waals surface area contributed by atoms with Crippen LogP contribution in [-0.4, -0.2) is 37.5 Å². The van der Waals surface area contributed by atoms with Crippen molar-refractivity contribution in [2.75, 3.05) is 14.2 Å². The van der Waals surface area contributed by atoms with Crippen molar-refractivity contribution in [1.29, 1.82) is 0 Å². The van der Waals surface area contributed by atoms with Crippen molar-refractivity contribution in [3.63, 3.8) is 0 Å². The third kappa shape index (κ3) is 3.28. The molecule has 0 aromatic heterocycles. The van der Waals surface area contributed by atoms with E-state index in [0.29, 0.717) is 24.4 Å². The molecule has 1 aliphatic carbocycles. The predicted molar refractivity (Wildman–Crippen MR) is 91.2 cm³/mol. The predicted octanol–water partition coefficient (Wildman–Crippen LogP) is 3.51. The van der Waals surface area contributed by atoms with Crippen LogP contribution in [0.25, 0.3) is 0 Å². The highest BCUT2D eigenvalue weighted by atomic mass is 16.8. The quantitative estimate of drug-likeness (QED) is 0.695. The lowest BCUT2D eigenvalue weighted by Crippen LogP contribution is -2.41. The summed E-state index contributed by atoms with van der Waals surface area (Å²) in [6, 6.07) is 0. The van der Waals surface area contributed by atoms with E-state index >= 15 is 0 Å². The number of carbonyl (C=O) groups is 1. The van der Waals surface area contributed by atoms with Gasteiger partial charge in [0.25, 0.3) is 0 Å². The van der Waals surface area contributed by atoms with Crippen LogP contribution < -0.4 is 0 Å². The maximum atomic E-state index is 12.0. The Labute approximate surface area is 144 Å². The first-order valence-corrected chi connectivity index (χ1v) is 8.15. The first-order chi connectivity index (χ1) is 11.1. The molecule has 1 fully saturated rings. The van der Waals surface area contributed by atoms with Crippen molar-refractivity contribution in [2.24, 2.45) is 5.41 Å². The van der Waals surface area contributed by atoms with E-state index in [1.807, 2.05) is 33.8 Å². The van der Waals surface area contributed by atoms with Gasteiger partial charge in [-0.25, -0.2) is 0 Å². The lowest BCUT2D eigenvalue weighted by molar-refractivity contribution is -0.158. The number of methoxy groups -OCH3 is 2. The Bertz CT molecular complexity index is 559. The average Bonchev–Trinajstić information content (AvgIpc) is 2.68. The average molecular weight is 336 g/mol. The molecule has 0 aromatic carbocycles. The van der Waals surface area contributed by atoms with Crippen molar-refractivity contribution in [3.8, 4) is 0 Å². The number of ketones is 1. The second kappa shape index (κ2) is 6.37. The number of rotatable bonds is 6. The fraction of sp³-hybridized carbons (Fsp3) is 0.632. The van der Waals surface area contributed by atoms with Crippen LogP contribution in [0.2, 0.25) is 0 Å². The molecule has 134 valence electrons. The molecule has 5 heteroatoms. The minimum Gasteiger partial charge on any atom is -0.500 e. The second-order valence-corrected chi connectivity index (χ2v) is 7.32. The number of carbonyl (C=O) groups excluding carboxylic acids is 1. The molecule has 1 saturated heterocycles. The molecule has 2 aliphatic rings. The van der Waals surface area contributed by atoms with Gasteiger partial charge in [-0.2, -0.15) is 0 Å². The Morgan fingerprint density at radius 3 is 2.08 bits per heavy atom. The summed E-state index contributed by atoms with van der Waals surface area (Å²) in [7, 11) is 3.13. The van der Waals surface area contributed by atoms with E-state index in [2.05, 4.69) is 6.58 Å². The van der Waals surface area contributed by atoms with Crippen LogP contribution in [0.5, 0.6) is 0 Å². The fourth-order valence-electron chi connectivity index (χ4n) is 3.75. The number of hydrogen-bond donors (Lipinski definition) is 0. The van der Waals surface area contributed by atoms with E-state index in [9.17, 15) is 4.79 Å². The Balaban J connectivity index is 2.47. The third-order valence-electron chi connectivity index (χ3n) is 4.67. The molecule has 0 spiro atoms. The smallest absolute Gasteiger partial charge is 0.185 e. The largest absolute Gasteiger partial charge is 0.500 e. The van der Waals surface area contributed by atoms with Crippen molar-refractivity contribution in [1.82, 2.24) is 0 Å². The van der Waals surface area contributed by atoms with Crippen LogP contribution in [0, 0.1) is 5.41 Å². The van der Waals surface area contributed by atoms with Crippen LogP contribution in [-0.2, 0) is 23.7 Å². The molecule has 0 bridgehead atoms. The maximum absolute atomic E-state index is 12.0. The van der Waals surface area contributed by atoms with Crippen molar-refractivity contribution < 1.29 is 23.7 Å². The van der Waals surface area contributed by atoms with E-state index in [0.717, 1.165) is 0 Å². The zero-order valence-electron chi connectivity index (χ0n) is 15.5. The first-order valence-electron chi connectivity index (χ1n) is 8.15. The van der Waals surface area contributed by atoms with Crippen LogP contribution in [0.4, 0.5) is 0 Å². The molecule has 0 radical (unpaired) electrons. The van der Waals surface area contributed by atoms with Gasteiger partial charge in [-0.05, 0) is 40.5 Å². The second-order valence-electron chi connectivity index (χ2n) is 7.32. The normalized spacial score (nSPS) is 27.2. The Morgan fingerprint density at radius 2 is 1.71 bits per heavy atom. The summed E-state index contributed by atoms with van der Waals surface area (Å²) < 4.78 is 23.3. The molecular weight excluding hydrogens is 308 g/mol. The number of ether oxygens (including phenoxy) is 4. The lowest BCUT2D eigenvalue weighted by atomic mass is 9.71. The molecule has 2 rings (SSSR count). The lowest BCUT2D eigenvalue weighted by Gasteiger charge is -2.40. The maximum Gasteiger partial charge on any atom is 0.185 e. The van der Waals surface area contributed by atoms with E-state index in [-0.39, 0.29) is 11.9 Å². The minimum absolute atomic E-state index is 0.147. The van der Waals surface area contributed by atoms with Gasteiger partial charge in [0.05, 0.1) is 31.3 Å². The summed E-state index contributed by atoms with van der Waals surface area (Å²) in [5.41, 5.74) is -1.11. The van der Waals surface area contributed by atoms with Gasteiger partial charge >= 0.3 is 0 Å². The molecule has 0 amide bonds. The summed E-state index contributed by atoms with van der Waals surface area (Å²) in [5, 5.41) is 0. The SMILES string of the molecule is C=CCC1(CC2OC(C)(C)OC2(C)C)C(OC)=CC(=O)C=C1OC. The van der Waals surface area contributed by atoms with Gasteiger partial charge in [0.15, 0.2) is 11.6 Å². The van der Waals surface area contributed by atoms with Crippen LogP contribution in [0.15, 0.2) is 36.3 Å². The molecule has 5 nitrogen and oxygen atoms in total. The molecule has 0 N–H and O–H groups in total. The Morgan fingerprint density at radius 1 is 1.17 bits per heavy atom. The first kappa shape index (κ1) is 18.7. The van der Waals surface area contributed by atoms with Crippen LogP contribution in [0.3, 0.4) is 0 Å². The highest BCUT2D eigenvalue weighted by molar-refractivity contribution is 6.01. The summed E-state index contributed by atoms with van der Waals surface area (Å²) in [6.45, 7) is 11.7. The van der Waals surface area contributed by atoms with Gasteiger partial charge in [-0.1, -0.05) is 6.08 Å². The number of hydrogen-bond acceptors (Lipinski definition) is 5. The molecule has 0 saturated carbocycles. The summed E-state index contributed by atoms with van der Waals surface area (Å²) >= 11 is 0. The van der Waals surface area contributed by atoms with Gasteiger partial charge in [-0.3, -0.25) is 4.79 Å². The topological polar surface area (TPSA) is 54.0 Å². The van der Waals surface area contributed by atoms with Gasteiger partial charge in [0.2, 0.25) is 0 Å². The van der Waals surface area contributed by atoms with E-state index in [1.54, 1.807) is 14.2 Å². The molecule has 1 unspecified atom stereocenters. The van der Waals surface area contributed by atoms with Crippen molar-refractivity contribution >= 4 is 5.78 Å². The highest BCUT2D eigenvalue weighted by Crippen LogP contribution is 2.50. The van der Waals surface area contributed by atoms with Gasteiger partial charge in [0.1, 0.15) is 11.5 Å². The Hall–Kier alpha value is -1.59. The molecule has 24 heavy (non-hydrogen) atoms. The summed E-state index contributed by atoms with van der Waals surface area (Å²) in [6.07, 6.45) is 5.76. The Kier molecular flexibility index (Phi) is 4.98. The molecule has 1 atom stereocenters. The van der Waals surface area contributed by atoms with Crippen molar-refractivity contribution in [3.05, 3.63) is 36.3 Å². The number of allylic oxidation sites excluding steroid dienone is 3. The van der Waals surface area contributed by atoms with Crippen LogP contribution >= 0.6 is 0 Å². The zero-order valence-corrected chi connectivity index (χ0v) is 15.5. The molecule has 1 heterocycles. The fourth-order valence-corrected chi connectivity index (χ4v) is 3.75. The molecule has 0 aromatic rings. The van der Waals surface area contributed by atoms with Gasteiger partial charge in [-0.15, -0.1) is 6.58 Å². The van der Waals surface area contributed by atoms with Crippen LogP contribution in [0.1, 0.15) is 40.5 Å². The summed E-state index contributed by atoms with van der Waals surface area (Å²) in [4.78, 5) is 12.0. The monoisotopic (exact) mass is 336 g/mol.